The molecule has 0 amide bonds. The molecule has 0 atom stereocenters. The van der Waals surface area contributed by atoms with E-state index in [-0.39, 0.29) is 0 Å². The molecule has 2 heterocycles. The summed E-state index contributed by atoms with van der Waals surface area (Å²) in [6.07, 6.45) is 0. The summed E-state index contributed by atoms with van der Waals surface area (Å²) in [7, 11) is 0. The van der Waals surface area contributed by atoms with Crippen LogP contribution in [0.5, 0.6) is 0 Å². The third kappa shape index (κ3) is 5.22. The average Bonchev–Trinajstić information content (AvgIpc) is 4.00. The van der Waals surface area contributed by atoms with Crippen LogP contribution in [0, 0.1) is 0 Å². The molecule has 1 aliphatic carbocycles. The molecule has 10 aromatic carbocycles. The number of aromatic nitrogens is 2. The van der Waals surface area contributed by atoms with E-state index < -0.39 is 5.41 Å². The molecule has 0 aliphatic heterocycles. The number of hydrogen-bond acceptors (Lipinski definition) is 1. The molecule has 0 bridgehead atoms. The monoisotopic (exact) mass is 815 g/mol. The van der Waals surface area contributed by atoms with Gasteiger partial charge in [-0.2, -0.15) is 0 Å². The van der Waals surface area contributed by atoms with E-state index in [0.29, 0.717) is 0 Å². The van der Waals surface area contributed by atoms with Crippen LogP contribution in [0.4, 0.5) is 17.1 Å². The summed E-state index contributed by atoms with van der Waals surface area (Å²) < 4.78 is 4.81. The quantitative estimate of drug-likeness (QED) is 0.156. The summed E-state index contributed by atoms with van der Waals surface area (Å²) >= 11 is 0. The third-order valence-electron chi connectivity index (χ3n) is 13.6. The molecule has 0 radical (unpaired) electrons. The van der Waals surface area contributed by atoms with E-state index >= 15 is 0 Å². The zero-order valence-electron chi connectivity index (χ0n) is 35.0. The predicted molar refractivity (Wildman–Crippen MR) is 267 cm³/mol. The van der Waals surface area contributed by atoms with Crippen LogP contribution < -0.4 is 4.90 Å². The molecule has 13 rings (SSSR count). The van der Waals surface area contributed by atoms with Gasteiger partial charge in [-0.25, -0.2) is 0 Å². The maximum absolute atomic E-state index is 2.48. The van der Waals surface area contributed by atoms with Crippen molar-refractivity contribution in [3.63, 3.8) is 0 Å². The second-order valence-corrected chi connectivity index (χ2v) is 16.8. The van der Waals surface area contributed by atoms with Gasteiger partial charge in [-0.3, -0.25) is 0 Å². The van der Waals surface area contributed by atoms with Crippen LogP contribution in [0.15, 0.2) is 249 Å². The van der Waals surface area contributed by atoms with Gasteiger partial charge in [-0.15, -0.1) is 0 Å². The van der Waals surface area contributed by atoms with Crippen molar-refractivity contribution in [1.82, 2.24) is 9.13 Å². The minimum absolute atomic E-state index is 0.526. The molecule has 300 valence electrons. The maximum atomic E-state index is 2.48. The Morgan fingerprint density at radius 3 is 1.33 bits per heavy atom. The topological polar surface area (TPSA) is 13.1 Å². The van der Waals surface area contributed by atoms with E-state index in [1.54, 1.807) is 0 Å². The molecule has 1 aliphatic rings. The number of anilines is 3. The zero-order chi connectivity index (χ0) is 42.2. The number of fused-ring (bicyclic) bond motifs is 9. The molecule has 12 aromatic rings. The molecule has 2 aromatic heterocycles. The minimum Gasteiger partial charge on any atom is -0.310 e. The van der Waals surface area contributed by atoms with Crippen molar-refractivity contribution in [2.75, 3.05) is 4.90 Å². The van der Waals surface area contributed by atoms with Gasteiger partial charge in [-0.05, 0) is 101 Å². The van der Waals surface area contributed by atoms with Crippen LogP contribution in [0.2, 0.25) is 0 Å². The highest BCUT2D eigenvalue weighted by molar-refractivity contribution is 6.10. The molecule has 0 unspecified atom stereocenters. The van der Waals surface area contributed by atoms with Crippen molar-refractivity contribution in [2.45, 2.75) is 5.41 Å². The summed E-state index contributed by atoms with van der Waals surface area (Å²) in [6, 6.07) is 91.3. The van der Waals surface area contributed by atoms with E-state index in [1.807, 2.05) is 0 Å². The van der Waals surface area contributed by atoms with Crippen LogP contribution in [-0.4, -0.2) is 9.13 Å². The van der Waals surface area contributed by atoms with Crippen molar-refractivity contribution in [3.8, 4) is 22.5 Å². The van der Waals surface area contributed by atoms with Crippen LogP contribution in [0.3, 0.4) is 0 Å². The van der Waals surface area contributed by atoms with Crippen molar-refractivity contribution in [3.05, 3.63) is 271 Å². The largest absolute Gasteiger partial charge is 0.310 e. The highest BCUT2D eigenvalue weighted by atomic mass is 15.1. The lowest BCUT2D eigenvalue weighted by molar-refractivity contribution is 0.768. The first-order valence-corrected chi connectivity index (χ1v) is 22.1. The number of para-hydroxylation sites is 4. The van der Waals surface area contributed by atoms with Gasteiger partial charge in [0.05, 0.1) is 33.2 Å². The summed E-state index contributed by atoms with van der Waals surface area (Å²) in [6.45, 7) is 0. The Balaban J connectivity index is 1.07. The molecule has 0 saturated carbocycles. The number of nitrogens with zero attached hydrogens (tertiary/aromatic N) is 3. The molecule has 0 spiro atoms. The van der Waals surface area contributed by atoms with Gasteiger partial charge in [-0.1, -0.05) is 176 Å². The smallest absolute Gasteiger partial charge is 0.0714 e. The van der Waals surface area contributed by atoms with Crippen molar-refractivity contribution in [1.29, 1.82) is 0 Å². The van der Waals surface area contributed by atoms with Gasteiger partial charge < -0.3 is 14.0 Å². The molecule has 64 heavy (non-hydrogen) atoms. The summed E-state index contributed by atoms with van der Waals surface area (Å²) in [4.78, 5) is 2.48. The van der Waals surface area contributed by atoms with Gasteiger partial charge in [0.1, 0.15) is 0 Å². The Kier molecular flexibility index (Phi) is 8.13. The van der Waals surface area contributed by atoms with Gasteiger partial charge in [0, 0.05) is 49.9 Å². The maximum Gasteiger partial charge on any atom is 0.0714 e. The highest BCUT2D eigenvalue weighted by Crippen LogP contribution is 2.59. The minimum atomic E-state index is -0.526. The van der Waals surface area contributed by atoms with Crippen LogP contribution >= 0.6 is 0 Å². The average molecular weight is 816 g/mol. The zero-order valence-corrected chi connectivity index (χ0v) is 35.0. The summed E-state index contributed by atoms with van der Waals surface area (Å²) in [5.74, 6) is 0. The fourth-order valence-corrected chi connectivity index (χ4v) is 11.0. The lowest BCUT2D eigenvalue weighted by atomic mass is 9.68. The lowest BCUT2D eigenvalue weighted by Gasteiger charge is -2.34. The Morgan fingerprint density at radius 2 is 0.766 bits per heavy atom. The molecule has 3 heteroatoms. The normalized spacial score (nSPS) is 12.8. The van der Waals surface area contributed by atoms with Crippen molar-refractivity contribution >= 4 is 60.7 Å². The molecule has 0 fully saturated rings. The first-order chi connectivity index (χ1) is 31.8. The fraction of sp³-hybridized carbons (Fsp3) is 0.0164. The second kappa shape index (κ2) is 14.3. The van der Waals surface area contributed by atoms with E-state index in [1.165, 1.54) is 77.0 Å². The highest BCUT2D eigenvalue weighted by Gasteiger charge is 2.47. The van der Waals surface area contributed by atoms with Crippen molar-refractivity contribution < 1.29 is 0 Å². The van der Waals surface area contributed by atoms with E-state index in [9.17, 15) is 0 Å². The molecule has 0 saturated heterocycles. The van der Waals surface area contributed by atoms with Crippen LogP contribution in [-0.2, 0) is 5.41 Å². The van der Waals surface area contributed by atoms with Gasteiger partial charge >= 0.3 is 0 Å². The predicted octanol–water partition coefficient (Wildman–Crippen LogP) is 15.7. The molecule has 3 nitrogen and oxygen atoms in total. The fourth-order valence-electron chi connectivity index (χ4n) is 11.0. The molecule has 0 N–H and O–H groups in total. The molecular weight excluding hydrogens is 775 g/mol. The molecular formula is C61H41N3. The van der Waals surface area contributed by atoms with Gasteiger partial charge in [0.25, 0.3) is 0 Å². The lowest BCUT2D eigenvalue weighted by Crippen LogP contribution is -2.28. The second-order valence-electron chi connectivity index (χ2n) is 16.8. The van der Waals surface area contributed by atoms with Crippen LogP contribution in [0.1, 0.15) is 22.3 Å². The third-order valence-corrected chi connectivity index (χ3v) is 13.6. The van der Waals surface area contributed by atoms with Crippen molar-refractivity contribution in [2.24, 2.45) is 0 Å². The first kappa shape index (κ1) is 36.3. The van der Waals surface area contributed by atoms with Crippen LogP contribution in [0.25, 0.3) is 66.1 Å². The van der Waals surface area contributed by atoms with E-state index in [4.69, 9.17) is 0 Å². The Morgan fingerprint density at radius 1 is 0.312 bits per heavy atom. The standard InChI is InChI=1S/C61H41N3/c1-3-19-42(20-4-1)61(43-21-5-2-6-22-43)53-30-12-7-29-52(53)60-54(61)31-18-36-59(60)62(44-37-39-45(40-38-44)63-55-32-13-8-25-48(55)49-26-9-14-33-56(49)63)46-23-17-24-47(41-46)64-57-34-15-10-27-50(57)51-28-11-16-35-58(51)64/h1-41H. The summed E-state index contributed by atoms with van der Waals surface area (Å²) in [5, 5.41) is 5.00. The van der Waals surface area contributed by atoms with Gasteiger partial charge in [0.15, 0.2) is 0 Å². The number of benzene rings is 10. The Bertz CT molecular complexity index is 3580. The number of hydrogen-bond donors (Lipinski definition) is 0. The SMILES string of the molecule is c1ccc(C2(c3ccccc3)c3ccccc3-c3c(N(c4ccc(-n5c6ccccc6c6ccccc65)cc4)c4cccc(-n5c6ccccc6c6ccccc65)c4)cccc32)cc1. The first-order valence-electron chi connectivity index (χ1n) is 22.1. The Hall–Kier alpha value is -8.40. The van der Waals surface area contributed by atoms with E-state index in [0.717, 1.165) is 28.4 Å². The Labute approximate surface area is 372 Å². The summed E-state index contributed by atoms with van der Waals surface area (Å²) in [5.41, 5.74) is 17.3. The number of rotatable bonds is 7. The van der Waals surface area contributed by atoms with E-state index in [2.05, 4.69) is 263 Å². The van der Waals surface area contributed by atoms with Gasteiger partial charge in [0.2, 0.25) is 0 Å².